The van der Waals surface area contributed by atoms with Crippen LogP contribution in [0.2, 0.25) is 0 Å². The van der Waals surface area contributed by atoms with E-state index in [2.05, 4.69) is 46.4 Å². The fourth-order valence-corrected chi connectivity index (χ4v) is 5.35. The molecule has 0 amide bonds. The molecule has 5 nitrogen and oxygen atoms in total. The van der Waals surface area contributed by atoms with Crippen LogP contribution >= 0.6 is 12.2 Å². The van der Waals surface area contributed by atoms with Crippen molar-refractivity contribution < 1.29 is 4.84 Å². The number of hydrogen-bond donors (Lipinski definition) is 2. The van der Waals surface area contributed by atoms with Gasteiger partial charge in [-0.3, -0.25) is 9.74 Å². The van der Waals surface area contributed by atoms with Crippen LogP contribution in [0.15, 0.2) is 54.6 Å². The summed E-state index contributed by atoms with van der Waals surface area (Å²) >= 11 is 5.71. The lowest BCUT2D eigenvalue weighted by Crippen LogP contribution is -2.34. The molecule has 0 saturated carbocycles. The number of para-hydroxylation sites is 1. The van der Waals surface area contributed by atoms with Crippen molar-refractivity contribution in [3.63, 3.8) is 0 Å². The van der Waals surface area contributed by atoms with Crippen LogP contribution in [0.3, 0.4) is 0 Å². The fourth-order valence-electron chi connectivity index (χ4n) is 5.07. The maximum atomic E-state index is 5.82. The second-order valence-corrected chi connectivity index (χ2v) is 8.97. The molecule has 0 spiro atoms. The average molecular weight is 447 g/mol. The zero-order chi connectivity index (χ0) is 22.1. The van der Waals surface area contributed by atoms with Crippen molar-refractivity contribution in [1.29, 1.82) is 0 Å². The van der Waals surface area contributed by atoms with E-state index in [0.717, 1.165) is 29.9 Å². The minimum absolute atomic E-state index is 0.518. The first kappa shape index (κ1) is 21.2. The van der Waals surface area contributed by atoms with Gasteiger partial charge in [-0.25, -0.2) is 0 Å². The summed E-state index contributed by atoms with van der Waals surface area (Å²) in [4.78, 5) is 12.0. The lowest BCUT2D eigenvalue weighted by molar-refractivity contribution is 0.158. The molecule has 1 unspecified atom stereocenters. The Morgan fingerprint density at radius 1 is 1.25 bits per heavy atom. The van der Waals surface area contributed by atoms with Crippen LogP contribution in [0.5, 0.6) is 0 Å². The molecule has 5 rings (SSSR count). The van der Waals surface area contributed by atoms with Crippen molar-refractivity contribution in [2.75, 3.05) is 30.1 Å². The van der Waals surface area contributed by atoms with Gasteiger partial charge in [-0.05, 0) is 87.8 Å². The summed E-state index contributed by atoms with van der Waals surface area (Å²) in [6.07, 6.45) is 6.19. The van der Waals surface area contributed by atoms with Gasteiger partial charge in [0, 0.05) is 40.4 Å². The molecular weight excluding hydrogens is 416 g/mol. The van der Waals surface area contributed by atoms with Crippen LogP contribution in [0.4, 0.5) is 11.4 Å². The highest BCUT2D eigenvalue weighted by atomic mass is 32.1. The Balaban J connectivity index is 1.43. The smallest absolute Gasteiger partial charge is 0.202 e. The number of hydrogen-bond acceptors (Lipinski definition) is 3. The van der Waals surface area contributed by atoms with Crippen LogP contribution in [0.25, 0.3) is 16.5 Å². The fraction of sp³-hybridized carbons (Fsp3) is 0.346. The second-order valence-electron chi connectivity index (χ2n) is 8.59. The number of nitrogens with one attached hydrogen (secondary N) is 2. The molecule has 0 aliphatic carbocycles. The minimum Gasteiger partial charge on any atom is -0.358 e. The molecule has 1 fully saturated rings. The quantitative estimate of drug-likeness (QED) is 0.378. The van der Waals surface area contributed by atoms with Crippen molar-refractivity contribution in [2.45, 2.75) is 39.2 Å². The monoisotopic (exact) mass is 446 g/mol. The van der Waals surface area contributed by atoms with Crippen LogP contribution in [0, 0.1) is 6.92 Å². The maximum Gasteiger partial charge on any atom is 0.202 e. The van der Waals surface area contributed by atoms with E-state index in [0.29, 0.717) is 17.8 Å². The highest BCUT2D eigenvalue weighted by molar-refractivity contribution is 7.80. The van der Waals surface area contributed by atoms with E-state index in [1.54, 1.807) is 5.06 Å². The first-order valence-electron chi connectivity index (χ1n) is 11.5. The van der Waals surface area contributed by atoms with Crippen molar-refractivity contribution >= 4 is 45.2 Å². The lowest BCUT2D eigenvalue weighted by atomic mass is 9.92. The van der Waals surface area contributed by atoms with E-state index < -0.39 is 0 Å². The Morgan fingerprint density at radius 2 is 2.09 bits per heavy atom. The van der Waals surface area contributed by atoms with E-state index in [1.165, 1.54) is 41.6 Å². The van der Waals surface area contributed by atoms with E-state index in [9.17, 15) is 0 Å². The van der Waals surface area contributed by atoms with E-state index in [4.69, 9.17) is 17.1 Å². The predicted molar refractivity (Wildman–Crippen MR) is 137 cm³/mol. The van der Waals surface area contributed by atoms with Gasteiger partial charge in [0.05, 0.1) is 12.3 Å². The second kappa shape index (κ2) is 9.06. The van der Waals surface area contributed by atoms with Crippen molar-refractivity contribution in [2.24, 2.45) is 0 Å². The summed E-state index contributed by atoms with van der Waals surface area (Å²) in [5.41, 5.74) is 7.08. The third kappa shape index (κ3) is 4.06. The van der Waals surface area contributed by atoms with Gasteiger partial charge in [0.15, 0.2) is 0 Å². The molecule has 2 N–H and O–H groups in total. The molecule has 32 heavy (non-hydrogen) atoms. The molecule has 2 aliphatic rings. The predicted octanol–water partition coefficient (Wildman–Crippen LogP) is 5.88. The minimum atomic E-state index is 0.518. The van der Waals surface area contributed by atoms with Gasteiger partial charge in [-0.2, -0.15) is 5.06 Å². The number of H-pyrrole nitrogens is 1. The van der Waals surface area contributed by atoms with E-state index >= 15 is 0 Å². The summed E-state index contributed by atoms with van der Waals surface area (Å²) in [6.45, 7) is 6.98. The topological polar surface area (TPSA) is 43.5 Å². The van der Waals surface area contributed by atoms with Crippen LogP contribution < -0.4 is 10.4 Å². The number of hydroxylamine groups is 1. The Kier molecular flexibility index (Phi) is 6.00. The van der Waals surface area contributed by atoms with E-state index in [-0.39, 0.29) is 0 Å². The molecule has 3 heterocycles. The molecular formula is C26H30N4OS. The highest BCUT2D eigenvalue weighted by Crippen LogP contribution is 2.37. The van der Waals surface area contributed by atoms with Gasteiger partial charge >= 0.3 is 0 Å². The van der Waals surface area contributed by atoms with Gasteiger partial charge in [-0.15, -0.1) is 0 Å². The third-order valence-corrected chi connectivity index (χ3v) is 6.79. The summed E-state index contributed by atoms with van der Waals surface area (Å²) in [5, 5.41) is 6.83. The molecule has 0 bridgehead atoms. The zero-order valence-corrected chi connectivity index (χ0v) is 19.5. The normalized spacial score (nSPS) is 18.4. The Hall–Kier alpha value is -2.67. The summed E-state index contributed by atoms with van der Waals surface area (Å²) in [7, 11) is 0. The lowest BCUT2D eigenvalue weighted by Gasteiger charge is -2.29. The number of fused-ring (bicyclic) bond motifs is 2. The summed E-state index contributed by atoms with van der Waals surface area (Å²) in [5.74, 6) is 0. The molecule has 2 aromatic carbocycles. The van der Waals surface area contributed by atoms with Crippen molar-refractivity contribution in [1.82, 2.24) is 9.88 Å². The van der Waals surface area contributed by atoms with Crippen molar-refractivity contribution in [3.05, 3.63) is 65.9 Å². The van der Waals surface area contributed by atoms with Gasteiger partial charge in [0.25, 0.3) is 0 Å². The number of benzene rings is 2. The summed E-state index contributed by atoms with van der Waals surface area (Å²) in [6, 6.07) is 17.0. The first-order chi connectivity index (χ1) is 15.6. The van der Waals surface area contributed by atoms with Gasteiger partial charge in [-0.1, -0.05) is 24.3 Å². The molecule has 3 aromatic rings. The first-order valence-corrected chi connectivity index (χ1v) is 11.9. The molecule has 1 saturated heterocycles. The largest absolute Gasteiger partial charge is 0.358 e. The molecule has 2 aliphatic heterocycles. The highest BCUT2D eigenvalue weighted by Gasteiger charge is 2.29. The van der Waals surface area contributed by atoms with E-state index in [1.807, 2.05) is 37.3 Å². The number of rotatable bonds is 5. The Morgan fingerprint density at radius 3 is 2.91 bits per heavy atom. The Labute approximate surface area is 195 Å². The van der Waals surface area contributed by atoms with Crippen LogP contribution in [0.1, 0.15) is 37.4 Å². The van der Waals surface area contributed by atoms with Gasteiger partial charge in [0.1, 0.15) is 0 Å². The molecule has 6 heteroatoms. The van der Waals surface area contributed by atoms with Crippen molar-refractivity contribution in [3.8, 4) is 0 Å². The number of thiocarbonyl (C=S) groups is 1. The number of anilines is 2. The Bertz CT molecular complexity index is 1150. The standard InChI is InChI=1S/C26H30N4OS/c1-3-31-30(21-8-5-4-6-9-21)26(32)28-20-11-12-24-23(17-20)25(18(2)27-24)19-13-15-29-14-7-10-22(29)16-19/h4-6,8-9,11-13,17,22,27H,3,7,10,14-16H2,1-2H3,(H,28,32). The number of aromatic amines is 1. The third-order valence-electron chi connectivity index (χ3n) is 6.52. The molecule has 0 radical (unpaired) electrons. The van der Waals surface area contributed by atoms with Crippen LogP contribution in [-0.2, 0) is 4.84 Å². The van der Waals surface area contributed by atoms with Gasteiger partial charge in [0.2, 0.25) is 5.11 Å². The molecule has 1 atom stereocenters. The summed E-state index contributed by atoms with van der Waals surface area (Å²) < 4.78 is 0. The number of aromatic nitrogens is 1. The maximum absolute atomic E-state index is 5.82. The SMILES string of the molecule is CCON(C(=S)Nc1ccc2[nH]c(C)c(C3=CCN4CCCC4C3)c2c1)c1ccccc1. The molecule has 166 valence electrons. The van der Waals surface area contributed by atoms with Crippen LogP contribution in [-0.4, -0.2) is 40.7 Å². The zero-order valence-electron chi connectivity index (χ0n) is 18.7. The molecule has 1 aromatic heterocycles. The number of nitrogens with zero attached hydrogens (tertiary/aromatic N) is 2. The van der Waals surface area contributed by atoms with Gasteiger partial charge < -0.3 is 10.3 Å². The number of aryl methyl sites for hydroxylation is 1. The average Bonchev–Trinajstić information content (AvgIpc) is 3.40.